The molecule has 4 heterocycles. The molecule has 3 aromatic heterocycles. The van der Waals surface area contributed by atoms with Crippen LogP contribution >= 0.6 is 12.2 Å². The molecule has 4 rings (SSSR count). The standard InChI is InChI=1S/C21H23N5OS/c1-27-15-7-14-26-20(19(24-21(26)28)16-8-2-4-11-22-16)17-9-6-13-25(17)18-10-3-5-12-23-18/h2-6,8-13,19-20H,7,14-15H2,1H3,(H,24,28)/t19-,20+/m1/s1. The van der Waals surface area contributed by atoms with Crippen molar-refractivity contribution in [1.82, 2.24) is 24.8 Å². The molecule has 1 N–H and O–H groups in total. The van der Waals surface area contributed by atoms with Gasteiger partial charge in [0.15, 0.2) is 5.11 Å². The number of hydrogen-bond donors (Lipinski definition) is 1. The fourth-order valence-electron chi connectivity index (χ4n) is 3.69. The third-order valence-electron chi connectivity index (χ3n) is 4.92. The Morgan fingerprint density at radius 2 is 1.89 bits per heavy atom. The van der Waals surface area contributed by atoms with Gasteiger partial charge in [0.2, 0.25) is 0 Å². The molecule has 0 bridgehead atoms. The lowest BCUT2D eigenvalue weighted by atomic mass is 10.0. The quantitative estimate of drug-likeness (QED) is 0.491. The van der Waals surface area contributed by atoms with Gasteiger partial charge in [-0.05, 0) is 55.0 Å². The van der Waals surface area contributed by atoms with Crippen LogP contribution < -0.4 is 5.32 Å². The maximum absolute atomic E-state index is 5.70. The van der Waals surface area contributed by atoms with Crippen LogP contribution in [0.5, 0.6) is 0 Å². The molecule has 3 aromatic rings. The van der Waals surface area contributed by atoms with Crippen molar-refractivity contribution in [2.45, 2.75) is 18.5 Å². The Hall–Kier alpha value is -2.77. The van der Waals surface area contributed by atoms with Crippen molar-refractivity contribution in [2.24, 2.45) is 0 Å². The number of hydrogen-bond acceptors (Lipinski definition) is 4. The maximum atomic E-state index is 5.70. The van der Waals surface area contributed by atoms with Crippen molar-refractivity contribution in [1.29, 1.82) is 0 Å². The average Bonchev–Trinajstić information content (AvgIpc) is 3.34. The minimum atomic E-state index is -0.0337. The van der Waals surface area contributed by atoms with Gasteiger partial charge < -0.3 is 19.5 Å². The highest BCUT2D eigenvalue weighted by molar-refractivity contribution is 7.80. The molecular weight excluding hydrogens is 370 g/mol. The zero-order valence-corrected chi connectivity index (χ0v) is 16.5. The van der Waals surface area contributed by atoms with E-state index in [0.29, 0.717) is 6.61 Å². The number of nitrogens with zero attached hydrogens (tertiary/aromatic N) is 4. The summed E-state index contributed by atoms with van der Waals surface area (Å²) in [7, 11) is 1.72. The lowest BCUT2D eigenvalue weighted by Gasteiger charge is -2.28. The van der Waals surface area contributed by atoms with Crippen LogP contribution in [-0.2, 0) is 4.74 Å². The Balaban J connectivity index is 1.75. The molecular formula is C21H23N5OS. The highest BCUT2D eigenvalue weighted by atomic mass is 32.1. The number of methoxy groups -OCH3 is 1. The van der Waals surface area contributed by atoms with E-state index in [1.807, 2.05) is 61.1 Å². The van der Waals surface area contributed by atoms with Gasteiger partial charge in [0, 0.05) is 44.5 Å². The van der Waals surface area contributed by atoms with Crippen molar-refractivity contribution >= 4 is 17.3 Å². The first kappa shape index (κ1) is 18.6. The molecule has 2 atom stereocenters. The highest BCUT2D eigenvalue weighted by Gasteiger charge is 2.40. The summed E-state index contributed by atoms with van der Waals surface area (Å²) in [5.74, 6) is 0.886. The molecule has 0 unspecified atom stereocenters. The van der Waals surface area contributed by atoms with Crippen LogP contribution in [0.3, 0.4) is 0 Å². The predicted molar refractivity (Wildman–Crippen MR) is 112 cm³/mol. The van der Waals surface area contributed by atoms with Crippen LogP contribution in [0.2, 0.25) is 0 Å². The number of pyridine rings is 2. The zero-order chi connectivity index (χ0) is 19.3. The Bertz CT molecular complexity index is 915. The number of ether oxygens (including phenoxy) is 1. The van der Waals surface area contributed by atoms with E-state index in [-0.39, 0.29) is 12.1 Å². The van der Waals surface area contributed by atoms with E-state index in [2.05, 4.69) is 30.8 Å². The van der Waals surface area contributed by atoms with Gasteiger partial charge >= 0.3 is 0 Å². The van der Waals surface area contributed by atoms with Gasteiger partial charge in [-0.3, -0.25) is 4.98 Å². The van der Waals surface area contributed by atoms with Gasteiger partial charge in [-0.2, -0.15) is 0 Å². The van der Waals surface area contributed by atoms with Crippen LogP contribution in [0.4, 0.5) is 0 Å². The molecule has 144 valence electrons. The van der Waals surface area contributed by atoms with E-state index in [9.17, 15) is 0 Å². The Morgan fingerprint density at radius 3 is 2.61 bits per heavy atom. The van der Waals surface area contributed by atoms with Crippen molar-refractivity contribution < 1.29 is 4.74 Å². The van der Waals surface area contributed by atoms with E-state index in [1.54, 1.807) is 7.11 Å². The Kier molecular flexibility index (Phi) is 5.64. The van der Waals surface area contributed by atoms with Crippen molar-refractivity contribution in [3.05, 3.63) is 78.5 Å². The second-order valence-corrected chi connectivity index (χ2v) is 7.04. The van der Waals surface area contributed by atoms with Gasteiger partial charge in [0.05, 0.1) is 17.8 Å². The molecule has 0 radical (unpaired) electrons. The summed E-state index contributed by atoms with van der Waals surface area (Å²) in [6.45, 7) is 1.50. The van der Waals surface area contributed by atoms with Crippen molar-refractivity contribution in [3.8, 4) is 5.82 Å². The molecule has 7 heteroatoms. The monoisotopic (exact) mass is 393 g/mol. The van der Waals surface area contributed by atoms with Gasteiger partial charge in [-0.25, -0.2) is 4.98 Å². The van der Waals surface area contributed by atoms with Crippen molar-refractivity contribution in [3.63, 3.8) is 0 Å². The van der Waals surface area contributed by atoms with E-state index >= 15 is 0 Å². The molecule has 1 aliphatic rings. The molecule has 1 fully saturated rings. The maximum Gasteiger partial charge on any atom is 0.170 e. The first-order valence-electron chi connectivity index (χ1n) is 9.35. The summed E-state index contributed by atoms with van der Waals surface area (Å²) in [6.07, 6.45) is 6.57. The fourth-order valence-corrected chi connectivity index (χ4v) is 4.02. The zero-order valence-electron chi connectivity index (χ0n) is 15.7. The van der Waals surface area contributed by atoms with E-state index in [4.69, 9.17) is 17.0 Å². The third kappa shape index (κ3) is 3.63. The average molecular weight is 394 g/mol. The molecule has 0 spiro atoms. The summed E-state index contributed by atoms with van der Waals surface area (Å²) in [6, 6.07) is 16.1. The lowest BCUT2D eigenvalue weighted by molar-refractivity contribution is 0.180. The van der Waals surface area contributed by atoms with E-state index in [0.717, 1.165) is 35.3 Å². The van der Waals surface area contributed by atoms with Gasteiger partial charge in [-0.1, -0.05) is 12.1 Å². The summed E-state index contributed by atoms with van der Waals surface area (Å²) in [4.78, 5) is 11.4. The minimum Gasteiger partial charge on any atom is -0.385 e. The number of nitrogens with one attached hydrogen (secondary N) is 1. The SMILES string of the molecule is COCCCN1C(=S)N[C@H](c2ccccn2)[C@@H]1c1cccn1-c1ccccn1. The molecule has 28 heavy (non-hydrogen) atoms. The third-order valence-corrected chi connectivity index (χ3v) is 5.28. The largest absolute Gasteiger partial charge is 0.385 e. The Morgan fingerprint density at radius 1 is 1.07 bits per heavy atom. The summed E-state index contributed by atoms with van der Waals surface area (Å²) < 4.78 is 7.37. The predicted octanol–water partition coefficient (Wildman–Crippen LogP) is 3.28. The van der Waals surface area contributed by atoms with Gasteiger partial charge in [-0.15, -0.1) is 0 Å². The van der Waals surface area contributed by atoms with Crippen LogP contribution in [-0.4, -0.2) is 44.8 Å². The molecule has 1 aliphatic heterocycles. The Labute approximate surface area is 170 Å². The van der Waals surface area contributed by atoms with Gasteiger partial charge in [0.1, 0.15) is 5.82 Å². The normalized spacial score (nSPS) is 19.0. The topological polar surface area (TPSA) is 55.2 Å². The molecule has 6 nitrogen and oxygen atoms in total. The van der Waals surface area contributed by atoms with Crippen LogP contribution in [0.1, 0.15) is 29.9 Å². The van der Waals surface area contributed by atoms with Crippen LogP contribution in [0.25, 0.3) is 5.82 Å². The molecule has 0 saturated carbocycles. The van der Waals surface area contributed by atoms with Gasteiger partial charge in [0.25, 0.3) is 0 Å². The second kappa shape index (κ2) is 8.50. The molecule has 1 saturated heterocycles. The lowest BCUT2D eigenvalue weighted by Crippen LogP contribution is -2.32. The highest BCUT2D eigenvalue weighted by Crippen LogP contribution is 2.39. The van der Waals surface area contributed by atoms with Crippen LogP contribution in [0, 0.1) is 0 Å². The summed E-state index contributed by atoms with van der Waals surface area (Å²) in [5.41, 5.74) is 2.09. The first-order chi connectivity index (χ1) is 13.8. The molecule has 0 aliphatic carbocycles. The number of rotatable bonds is 7. The minimum absolute atomic E-state index is 0.0104. The summed E-state index contributed by atoms with van der Waals surface area (Å²) in [5, 5.41) is 4.23. The van der Waals surface area contributed by atoms with Crippen LogP contribution in [0.15, 0.2) is 67.1 Å². The number of aromatic nitrogens is 3. The molecule has 0 amide bonds. The first-order valence-corrected chi connectivity index (χ1v) is 9.76. The van der Waals surface area contributed by atoms with Crippen molar-refractivity contribution in [2.75, 3.05) is 20.3 Å². The smallest absolute Gasteiger partial charge is 0.170 e. The summed E-state index contributed by atoms with van der Waals surface area (Å²) >= 11 is 5.70. The van der Waals surface area contributed by atoms with E-state index < -0.39 is 0 Å². The fraction of sp³-hybridized carbons (Fsp3) is 0.286. The number of thiocarbonyl (C=S) groups is 1. The molecule has 0 aromatic carbocycles. The van der Waals surface area contributed by atoms with E-state index in [1.165, 1.54) is 0 Å². The second-order valence-electron chi connectivity index (χ2n) is 6.66.